The zero-order valence-electron chi connectivity index (χ0n) is 13.2. The molecule has 0 aliphatic heterocycles. The molecule has 0 atom stereocenters. The SMILES string of the molecule is CCOC(=O)c1c(NC(=O)c2ccc(F)cc2)sc(C)c1CC. The zero-order chi connectivity index (χ0) is 17.0. The molecular formula is C17H18FNO3S. The van der Waals surface area contributed by atoms with Crippen molar-refractivity contribution in [2.45, 2.75) is 27.2 Å². The molecular weight excluding hydrogens is 317 g/mol. The summed E-state index contributed by atoms with van der Waals surface area (Å²) in [6, 6.07) is 5.24. The lowest BCUT2D eigenvalue weighted by Crippen LogP contribution is -2.15. The summed E-state index contributed by atoms with van der Waals surface area (Å²) in [7, 11) is 0. The summed E-state index contributed by atoms with van der Waals surface area (Å²) in [5, 5.41) is 3.20. The van der Waals surface area contributed by atoms with Gasteiger partial charge >= 0.3 is 5.97 Å². The van der Waals surface area contributed by atoms with Crippen molar-refractivity contribution in [1.82, 2.24) is 0 Å². The smallest absolute Gasteiger partial charge is 0.341 e. The van der Waals surface area contributed by atoms with Gasteiger partial charge in [0.2, 0.25) is 0 Å². The van der Waals surface area contributed by atoms with Crippen LogP contribution in [0, 0.1) is 12.7 Å². The Morgan fingerprint density at radius 2 is 1.87 bits per heavy atom. The molecule has 0 aliphatic carbocycles. The van der Waals surface area contributed by atoms with E-state index >= 15 is 0 Å². The second-order valence-electron chi connectivity index (χ2n) is 4.88. The molecule has 0 spiro atoms. The van der Waals surface area contributed by atoms with Crippen molar-refractivity contribution in [3.05, 3.63) is 51.7 Å². The van der Waals surface area contributed by atoms with Crippen LogP contribution in [-0.4, -0.2) is 18.5 Å². The molecule has 2 aromatic rings. The molecule has 122 valence electrons. The lowest BCUT2D eigenvalue weighted by molar-refractivity contribution is 0.0527. The molecule has 1 amide bonds. The van der Waals surface area contributed by atoms with Gasteiger partial charge in [0.1, 0.15) is 10.8 Å². The van der Waals surface area contributed by atoms with E-state index in [-0.39, 0.29) is 12.5 Å². The average Bonchev–Trinajstić information content (AvgIpc) is 2.83. The number of aryl methyl sites for hydroxylation is 1. The number of anilines is 1. The Labute approximate surface area is 138 Å². The van der Waals surface area contributed by atoms with Crippen LogP contribution in [0.5, 0.6) is 0 Å². The highest BCUT2D eigenvalue weighted by atomic mass is 32.1. The van der Waals surface area contributed by atoms with E-state index in [1.54, 1.807) is 6.92 Å². The highest BCUT2D eigenvalue weighted by Gasteiger charge is 2.23. The highest BCUT2D eigenvalue weighted by Crippen LogP contribution is 2.34. The third-order valence-corrected chi connectivity index (χ3v) is 4.44. The van der Waals surface area contributed by atoms with Gasteiger partial charge in [-0.2, -0.15) is 0 Å². The number of esters is 1. The van der Waals surface area contributed by atoms with Crippen molar-refractivity contribution in [2.24, 2.45) is 0 Å². The molecule has 0 unspecified atom stereocenters. The minimum absolute atomic E-state index is 0.266. The molecule has 1 aromatic carbocycles. The molecule has 4 nitrogen and oxygen atoms in total. The number of benzene rings is 1. The topological polar surface area (TPSA) is 55.4 Å². The minimum atomic E-state index is -0.442. The molecule has 0 aliphatic rings. The van der Waals surface area contributed by atoms with Gasteiger partial charge in [-0.1, -0.05) is 6.92 Å². The van der Waals surface area contributed by atoms with Crippen LogP contribution in [0.2, 0.25) is 0 Å². The van der Waals surface area contributed by atoms with Crippen molar-refractivity contribution >= 4 is 28.2 Å². The van der Waals surface area contributed by atoms with E-state index in [0.717, 1.165) is 10.4 Å². The average molecular weight is 335 g/mol. The predicted octanol–water partition coefficient (Wildman–Crippen LogP) is 4.19. The summed E-state index contributed by atoms with van der Waals surface area (Å²) < 4.78 is 18.0. The second kappa shape index (κ2) is 7.37. The number of carbonyl (C=O) groups excluding carboxylic acids is 2. The first kappa shape index (κ1) is 17.1. The van der Waals surface area contributed by atoms with Crippen LogP contribution in [0.4, 0.5) is 9.39 Å². The lowest BCUT2D eigenvalue weighted by Gasteiger charge is -2.08. The first-order valence-corrected chi connectivity index (χ1v) is 8.15. The van der Waals surface area contributed by atoms with Crippen molar-refractivity contribution < 1.29 is 18.7 Å². The van der Waals surface area contributed by atoms with E-state index in [2.05, 4.69) is 5.32 Å². The van der Waals surface area contributed by atoms with E-state index in [1.807, 2.05) is 13.8 Å². The van der Waals surface area contributed by atoms with Gasteiger partial charge in [0.25, 0.3) is 5.91 Å². The maximum atomic E-state index is 12.9. The molecule has 2 rings (SSSR count). The Kier molecular flexibility index (Phi) is 5.50. The van der Waals surface area contributed by atoms with Crippen molar-refractivity contribution in [3.63, 3.8) is 0 Å². The van der Waals surface area contributed by atoms with Crippen LogP contribution in [0.15, 0.2) is 24.3 Å². The predicted molar refractivity (Wildman–Crippen MR) is 88.7 cm³/mol. The number of nitrogens with one attached hydrogen (secondary N) is 1. The second-order valence-corrected chi connectivity index (χ2v) is 6.10. The molecule has 1 heterocycles. The molecule has 0 bridgehead atoms. The Hall–Kier alpha value is -2.21. The number of thiophene rings is 1. The normalized spacial score (nSPS) is 10.4. The highest BCUT2D eigenvalue weighted by molar-refractivity contribution is 7.16. The molecule has 0 fully saturated rings. The number of hydrogen-bond donors (Lipinski definition) is 1. The number of carbonyl (C=O) groups is 2. The summed E-state index contributed by atoms with van der Waals surface area (Å²) in [6.45, 7) is 5.85. The van der Waals surface area contributed by atoms with E-state index in [0.29, 0.717) is 22.5 Å². The fraction of sp³-hybridized carbons (Fsp3) is 0.294. The van der Waals surface area contributed by atoms with Crippen molar-refractivity contribution in [3.8, 4) is 0 Å². The van der Waals surface area contributed by atoms with Crippen LogP contribution >= 0.6 is 11.3 Å². The van der Waals surface area contributed by atoms with Gasteiger partial charge in [-0.15, -0.1) is 11.3 Å². The van der Waals surface area contributed by atoms with Crippen LogP contribution in [0.1, 0.15) is 45.0 Å². The van der Waals surface area contributed by atoms with E-state index < -0.39 is 11.8 Å². The van der Waals surface area contributed by atoms with Gasteiger partial charge < -0.3 is 10.1 Å². The van der Waals surface area contributed by atoms with Crippen LogP contribution in [0.3, 0.4) is 0 Å². The van der Waals surface area contributed by atoms with E-state index in [1.165, 1.54) is 35.6 Å². The van der Waals surface area contributed by atoms with Crippen LogP contribution in [-0.2, 0) is 11.2 Å². The maximum absolute atomic E-state index is 12.9. The fourth-order valence-electron chi connectivity index (χ4n) is 2.29. The Morgan fingerprint density at radius 1 is 1.22 bits per heavy atom. The fourth-order valence-corrected chi connectivity index (χ4v) is 3.42. The van der Waals surface area contributed by atoms with Crippen LogP contribution < -0.4 is 5.32 Å². The molecule has 0 saturated carbocycles. The van der Waals surface area contributed by atoms with Crippen molar-refractivity contribution in [2.75, 3.05) is 11.9 Å². The van der Waals surface area contributed by atoms with Crippen molar-refractivity contribution in [1.29, 1.82) is 0 Å². The summed E-state index contributed by atoms with van der Waals surface area (Å²) in [5.41, 5.74) is 1.61. The quantitative estimate of drug-likeness (QED) is 0.834. The molecule has 23 heavy (non-hydrogen) atoms. The maximum Gasteiger partial charge on any atom is 0.341 e. The molecule has 0 radical (unpaired) electrons. The van der Waals surface area contributed by atoms with Gasteiger partial charge in [-0.3, -0.25) is 4.79 Å². The number of hydrogen-bond acceptors (Lipinski definition) is 4. The standard InChI is InChI=1S/C17H18FNO3S/c1-4-13-10(3)23-16(14(13)17(21)22-5-2)19-15(20)11-6-8-12(18)9-7-11/h6-9H,4-5H2,1-3H3,(H,19,20). The Balaban J connectivity index is 2.33. The molecule has 6 heteroatoms. The van der Waals surface area contributed by atoms with Gasteiger partial charge in [0.05, 0.1) is 12.2 Å². The summed E-state index contributed by atoms with van der Waals surface area (Å²) in [4.78, 5) is 25.5. The monoisotopic (exact) mass is 335 g/mol. The van der Waals surface area contributed by atoms with E-state index in [4.69, 9.17) is 4.74 Å². The van der Waals surface area contributed by atoms with Crippen LogP contribution in [0.25, 0.3) is 0 Å². The summed E-state index contributed by atoms with van der Waals surface area (Å²) in [5.74, 6) is -1.24. The van der Waals surface area contributed by atoms with Gasteiger partial charge in [-0.05, 0) is 50.1 Å². The van der Waals surface area contributed by atoms with E-state index in [9.17, 15) is 14.0 Å². The number of ether oxygens (including phenoxy) is 1. The summed E-state index contributed by atoms with van der Waals surface area (Å²) in [6.07, 6.45) is 0.670. The lowest BCUT2D eigenvalue weighted by atomic mass is 10.1. The minimum Gasteiger partial charge on any atom is -0.462 e. The molecule has 1 aromatic heterocycles. The first-order chi connectivity index (χ1) is 11.0. The largest absolute Gasteiger partial charge is 0.462 e. The number of rotatable bonds is 5. The first-order valence-electron chi connectivity index (χ1n) is 7.34. The number of amides is 1. The van der Waals surface area contributed by atoms with Gasteiger partial charge in [0, 0.05) is 10.4 Å². The van der Waals surface area contributed by atoms with Gasteiger partial charge in [-0.25, -0.2) is 9.18 Å². The zero-order valence-corrected chi connectivity index (χ0v) is 14.1. The Bertz CT molecular complexity index is 722. The third kappa shape index (κ3) is 3.76. The van der Waals surface area contributed by atoms with Gasteiger partial charge in [0.15, 0.2) is 0 Å². The molecule has 1 N–H and O–H groups in total. The number of halogens is 1. The third-order valence-electron chi connectivity index (χ3n) is 3.38. The molecule has 0 saturated heterocycles. The summed E-state index contributed by atoms with van der Waals surface area (Å²) >= 11 is 1.34. The Morgan fingerprint density at radius 3 is 2.43 bits per heavy atom.